The Kier molecular flexibility index (Phi) is 7.43. The van der Waals surface area contributed by atoms with Crippen LogP contribution in [0.1, 0.15) is 11.4 Å². The first-order valence-electron chi connectivity index (χ1n) is 8.39. The third kappa shape index (κ3) is 5.85. The van der Waals surface area contributed by atoms with Gasteiger partial charge in [0.25, 0.3) is 0 Å². The van der Waals surface area contributed by atoms with Gasteiger partial charge in [-0.15, -0.1) is 0 Å². The molecule has 136 valence electrons. The molecule has 0 atom stereocenters. The number of nitrogens with zero attached hydrogens (tertiary/aromatic N) is 4. The van der Waals surface area contributed by atoms with Crippen LogP contribution in [0.25, 0.3) is 0 Å². The molecule has 1 saturated heterocycles. The van der Waals surface area contributed by atoms with Crippen molar-refractivity contribution in [2.24, 2.45) is 0 Å². The summed E-state index contributed by atoms with van der Waals surface area (Å²) in [6.45, 7) is 8.77. The number of halogens is 1. The van der Waals surface area contributed by atoms with Crippen LogP contribution in [-0.2, 0) is 0 Å². The molecule has 2 aromatic rings. The van der Waals surface area contributed by atoms with Gasteiger partial charge in [-0.25, -0.2) is 9.97 Å². The summed E-state index contributed by atoms with van der Waals surface area (Å²) < 4.78 is 0. The second-order valence-corrected chi connectivity index (χ2v) is 6.39. The fourth-order valence-corrected chi connectivity index (χ4v) is 2.83. The third-order valence-corrected chi connectivity index (χ3v) is 4.47. The first-order chi connectivity index (χ1) is 12.0. The van der Waals surface area contributed by atoms with Gasteiger partial charge in [0.05, 0.1) is 17.3 Å². The molecule has 0 bridgehead atoms. The van der Waals surface area contributed by atoms with Crippen LogP contribution in [0.3, 0.4) is 0 Å². The van der Waals surface area contributed by atoms with Gasteiger partial charge in [0.1, 0.15) is 11.6 Å². The van der Waals surface area contributed by atoms with Gasteiger partial charge in [-0.05, 0) is 31.5 Å². The van der Waals surface area contributed by atoms with Crippen LogP contribution >= 0.6 is 11.6 Å². The number of aryl methyl sites for hydroxylation is 2. The van der Waals surface area contributed by atoms with Crippen molar-refractivity contribution < 1.29 is 5.11 Å². The monoisotopic (exact) mass is 363 g/mol. The molecular weight excluding hydrogens is 338 g/mol. The molecule has 0 aliphatic carbocycles. The minimum Gasteiger partial charge on any atom is -0.397 e. The number of aliphatic hydroxyl groups is 1. The van der Waals surface area contributed by atoms with E-state index >= 15 is 0 Å². The number of β-amino-alcohol motifs (C(OH)–C–C–N with tert-alkyl or cyclic N) is 1. The molecule has 1 aliphatic rings. The van der Waals surface area contributed by atoms with E-state index < -0.39 is 0 Å². The number of benzene rings is 1. The summed E-state index contributed by atoms with van der Waals surface area (Å²) >= 11 is 5.69. The molecule has 0 spiro atoms. The van der Waals surface area contributed by atoms with Crippen LogP contribution in [0.2, 0.25) is 5.02 Å². The molecule has 3 N–H and O–H groups in total. The highest BCUT2D eigenvalue weighted by atomic mass is 35.5. The number of nitrogen functional groups attached to an aromatic ring is 1. The minimum atomic E-state index is 0.243. The Morgan fingerprint density at radius 1 is 1.16 bits per heavy atom. The Morgan fingerprint density at radius 3 is 2.44 bits per heavy atom. The van der Waals surface area contributed by atoms with Gasteiger partial charge in [0, 0.05) is 38.9 Å². The first-order valence-corrected chi connectivity index (χ1v) is 8.77. The minimum absolute atomic E-state index is 0.243. The van der Waals surface area contributed by atoms with Crippen molar-refractivity contribution in [1.29, 1.82) is 0 Å². The quantitative estimate of drug-likeness (QED) is 0.813. The summed E-state index contributed by atoms with van der Waals surface area (Å²) in [7, 11) is 0. The zero-order valence-corrected chi connectivity index (χ0v) is 15.6. The number of nitrogens with two attached hydrogens (primary N) is 1. The van der Waals surface area contributed by atoms with E-state index in [9.17, 15) is 0 Å². The smallest absolute Gasteiger partial charge is 0.132 e. The van der Waals surface area contributed by atoms with Crippen molar-refractivity contribution in [1.82, 2.24) is 14.9 Å². The Balaban J connectivity index is 0.000000212. The molecule has 3 rings (SSSR count). The lowest BCUT2D eigenvalue weighted by molar-refractivity contribution is 0.188. The van der Waals surface area contributed by atoms with E-state index in [0.29, 0.717) is 10.7 Å². The van der Waals surface area contributed by atoms with Crippen LogP contribution in [0.5, 0.6) is 0 Å². The van der Waals surface area contributed by atoms with E-state index in [1.54, 1.807) is 12.3 Å². The summed E-state index contributed by atoms with van der Waals surface area (Å²) in [5, 5.41) is 9.50. The van der Waals surface area contributed by atoms with Crippen molar-refractivity contribution in [3.63, 3.8) is 0 Å². The van der Waals surface area contributed by atoms with E-state index in [1.807, 2.05) is 32.0 Å². The number of hydrogen-bond acceptors (Lipinski definition) is 6. The maximum atomic E-state index is 8.86. The number of anilines is 2. The van der Waals surface area contributed by atoms with Crippen molar-refractivity contribution in [3.05, 3.63) is 46.9 Å². The van der Waals surface area contributed by atoms with Gasteiger partial charge in [-0.3, -0.25) is 4.90 Å². The fourth-order valence-electron chi connectivity index (χ4n) is 2.61. The number of piperazine rings is 1. The Labute approximate surface area is 154 Å². The molecule has 1 fully saturated rings. The van der Waals surface area contributed by atoms with E-state index in [-0.39, 0.29) is 6.61 Å². The maximum absolute atomic E-state index is 8.86. The van der Waals surface area contributed by atoms with Crippen molar-refractivity contribution >= 4 is 23.1 Å². The van der Waals surface area contributed by atoms with Gasteiger partial charge in [0.2, 0.25) is 0 Å². The molecule has 0 amide bonds. The molecule has 1 aromatic heterocycles. The molecule has 6 nitrogen and oxygen atoms in total. The predicted octanol–water partition coefficient (Wildman–Crippen LogP) is 2.13. The standard InChI is InChI=1S/C11H18N4O.C7H8ClN/c1-10-12-3-2-11(13-10)15-6-4-14(5-7-15)8-9-16;1-5-3-2-4-6(8)7(5)9/h2-3,16H,4-9H2,1H3;2-4H,9H2,1H3. The highest BCUT2D eigenvalue weighted by Gasteiger charge is 2.17. The molecule has 0 radical (unpaired) electrons. The second-order valence-electron chi connectivity index (χ2n) is 5.98. The zero-order chi connectivity index (χ0) is 18.2. The molecule has 0 saturated carbocycles. The molecule has 1 aliphatic heterocycles. The number of para-hydroxylation sites is 1. The van der Waals surface area contributed by atoms with Crippen molar-refractivity contribution in [3.8, 4) is 0 Å². The third-order valence-electron chi connectivity index (χ3n) is 4.14. The van der Waals surface area contributed by atoms with E-state index in [0.717, 1.165) is 49.9 Å². The summed E-state index contributed by atoms with van der Waals surface area (Å²) in [5.74, 6) is 1.83. The van der Waals surface area contributed by atoms with Gasteiger partial charge < -0.3 is 15.7 Å². The topological polar surface area (TPSA) is 78.5 Å². The van der Waals surface area contributed by atoms with Gasteiger partial charge >= 0.3 is 0 Å². The van der Waals surface area contributed by atoms with E-state index in [1.165, 1.54) is 0 Å². The molecular formula is C18H26ClN5O. The van der Waals surface area contributed by atoms with E-state index in [4.69, 9.17) is 22.4 Å². The molecule has 7 heteroatoms. The average Bonchev–Trinajstić information content (AvgIpc) is 2.61. The zero-order valence-electron chi connectivity index (χ0n) is 14.8. The molecule has 25 heavy (non-hydrogen) atoms. The summed E-state index contributed by atoms with van der Waals surface area (Å²) in [6, 6.07) is 7.55. The second kappa shape index (κ2) is 9.56. The predicted molar refractivity (Wildman–Crippen MR) is 103 cm³/mol. The largest absolute Gasteiger partial charge is 0.397 e. The number of rotatable bonds is 3. The SMILES string of the molecule is Cc1cccc(Cl)c1N.Cc1nccc(N2CCN(CCO)CC2)n1. The lowest BCUT2D eigenvalue weighted by atomic mass is 10.2. The van der Waals surface area contributed by atoms with Gasteiger partial charge in [0.15, 0.2) is 0 Å². The Morgan fingerprint density at radius 2 is 1.88 bits per heavy atom. The molecule has 2 heterocycles. The Hall–Kier alpha value is -1.89. The highest BCUT2D eigenvalue weighted by molar-refractivity contribution is 6.33. The average molecular weight is 364 g/mol. The maximum Gasteiger partial charge on any atom is 0.132 e. The lowest BCUT2D eigenvalue weighted by Gasteiger charge is -2.35. The summed E-state index contributed by atoms with van der Waals surface area (Å²) in [5.41, 5.74) is 7.26. The number of hydrogen-bond donors (Lipinski definition) is 2. The van der Waals surface area contributed by atoms with Gasteiger partial charge in [-0.2, -0.15) is 0 Å². The fraction of sp³-hybridized carbons (Fsp3) is 0.444. The molecule has 0 unspecified atom stereocenters. The van der Waals surface area contributed by atoms with Crippen LogP contribution in [0.4, 0.5) is 11.5 Å². The Bertz CT molecular complexity index is 654. The van der Waals surface area contributed by atoms with Crippen LogP contribution in [0.15, 0.2) is 30.5 Å². The van der Waals surface area contributed by atoms with Crippen molar-refractivity contribution in [2.75, 3.05) is 50.0 Å². The van der Waals surface area contributed by atoms with Crippen LogP contribution < -0.4 is 10.6 Å². The summed E-state index contributed by atoms with van der Waals surface area (Å²) in [4.78, 5) is 13.0. The van der Waals surface area contributed by atoms with Gasteiger partial charge in [-0.1, -0.05) is 23.7 Å². The molecule has 1 aromatic carbocycles. The first kappa shape index (κ1) is 19.4. The van der Waals surface area contributed by atoms with Crippen molar-refractivity contribution in [2.45, 2.75) is 13.8 Å². The number of aliphatic hydroxyl groups excluding tert-OH is 1. The summed E-state index contributed by atoms with van der Waals surface area (Å²) in [6.07, 6.45) is 1.80. The highest BCUT2D eigenvalue weighted by Crippen LogP contribution is 2.20. The van der Waals surface area contributed by atoms with Crippen LogP contribution in [-0.4, -0.2) is 59.3 Å². The normalized spacial score (nSPS) is 14.8. The number of aromatic nitrogens is 2. The lowest BCUT2D eigenvalue weighted by Crippen LogP contribution is -2.47. The van der Waals surface area contributed by atoms with Crippen LogP contribution in [0, 0.1) is 13.8 Å². The van der Waals surface area contributed by atoms with E-state index in [2.05, 4.69) is 19.8 Å².